The fraction of sp³-hybridized carbons (Fsp3) is 0.579. The number of amides is 2. The number of benzene rings is 1. The van der Waals surface area contributed by atoms with Gasteiger partial charge < -0.3 is 19.7 Å². The van der Waals surface area contributed by atoms with E-state index < -0.39 is 37.7 Å². The highest BCUT2D eigenvalue weighted by molar-refractivity contribution is 7.32. The lowest BCUT2D eigenvalue weighted by Crippen LogP contribution is -2.48. The van der Waals surface area contributed by atoms with Crippen LogP contribution in [0.3, 0.4) is 0 Å². The first-order chi connectivity index (χ1) is 15.1. The van der Waals surface area contributed by atoms with E-state index in [1.54, 1.807) is 0 Å². The summed E-state index contributed by atoms with van der Waals surface area (Å²) in [6.07, 6.45) is -0.936. The highest BCUT2D eigenvalue weighted by Crippen LogP contribution is 2.38. The van der Waals surface area contributed by atoms with Crippen LogP contribution in [-0.2, 0) is 23.4 Å². The van der Waals surface area contributed by atoms with Crippen molar-refractivity contribution in [1.29, 1.82) is 0 Å². The number of hydrogen-bond acceptors (Lipinski definition) is 7. The van der Waals surface area contributed by atoms with Crippen molar-refractivity contribution in [2.45, 2.75) is 31.5 Å². The monoisotopic (exact) mass is 476 g/mol. The third kappa shape index (κ3) is 5.50. The van der Waals surface area contributed by atoms with Crippen LogP contribution in [0.5, 0.6) is 0 Å². The van der Waals surface area contributed by atoms with E-state index in [0.717, 1.165) is 17.0 Å². The molecule has 2 fully saturated rings. The van der Waals surface area contributed by atoms with E-state index in [-0.39, 0.29) is 62.9 Å². The molecule has 0 spiro atoms. The van der Waals surface area contributed by atoms with Crippen molar-refractivity contribution in [3.63, 3.8) is 0 Å². The lowest BCUT2D eigenvalue weighted by molar-refractivity contribution is -0.119. The molecule has 13 heteroatoms. The minimum absolute atomic E-state index is 0.00502. The molecule has 176 valence electrons. The quantitative estimate of drug-likeness (QED) is 0.548. The maximum absolute atomic E-state index is 14.9. The van der Waals surface area contributed by atoms with Crippen LogP contribution in [0.2, 0.25) is 0 Å². The summed E-state index contributed by atoms with van der Waals surface area (Å²) in [6, 6.07) is 2.11. The van der Waals surface area contributed by atoms with Gasteiger partial charge in [0, 0.05) is 56.7 Å². The summed E-state index contributed by atoms with van der Waals surface area (Å²) in [7, 11) is -1.42. The van der Waals surface area contributed by atoms with Crippen molar-refractivity contribution in [3.8, 4) is 0 Å². The number of anilines is 2. The van der Waals surface area contributed by atoms with Gasteiger partial charge in [0.15, 0.2) is 17.2 Å². The van der Waals surface area contributed by atoms with Crippen LogP contribution in [0.25, 0.3) is 0 Å². The summed E-state index contributed by atoms with van der Waals surface area (Å²) in [5.74, 6) is -1.99. The second kappa shape index (κ2) is 10.0. The molecule has 2 N–H and O–H groups in total. The van der Waals surface area contributed by atoms with Gasteiger partial charge in [-0.3, -0.25) is 9.69 Å². The zero-order chi connectivity index (χ0) is 23.5. The minimum atomic E-state index is -2.86. The Kier molecular flexibility index (Phi) is 7.60. The van der Waals surface area contributed by atoms with Crippen LogP contribution in [0.15, 0.2) is 12.1 Å². The van der Waals surface area contributed by atoms with Gasteiger partial charge in [0.05, 0.1) is 25.4 Å². The molecule has 0 radical (unpaired) electrons. The van der Waals surface area contributed by atoms with Gasteiger partial charge in [-0.05, 0) is 0 Å². The molecule has 3 rings (SSSR count). The van der Waals surface area contributed by atoms with E-state index >= 15 is 0 Å². The minimum Gasteiger partial charge on any atom is -0.442 e. The van der Waals surface area contributed by atoms with Crippen LogP contribution in [0.4, 0.5) is 25.0 Å². The maximum Gasteiger partial charge on any atom is 0.695 e. The first-order valence-electron chi connectivity index (χ1n) is 9.95. The van der Waals surface area contributed by atoms with Gasteiger partial charge in [-0.2, -0.15) is 0 Å². The second-order valence-electron chi connectivity index (χ2n) is 7.74. The average molecular weight is 476 g/mol. The Bertz CT molecular complexity index is 873. The number of cyclic esters (lactones) is 1. The SMILES string of the molecule is COCC1(O[P+](=O)O)CCN(c2c(F)cc(N3C[C@H](CNC(C)=O)OC3=O)cc2F)CC1. The molecular formula is C19H25F2N3O7P+. The van der Waals surface area contributed by atoms with Crippen molar-refractivity contribution in [3.05, 3.63) is 23.8 Å². The Morgan fingerprint density at radius 1 is 1.34 bits per heavy atom. The summed E-state index contributed by atoms with van der Waals surface area (Å²) in [6.45, 7) is 1.88. The number of hydrogen-bond donors (Lipinski definition) is 2. The smallest absolute Gasteiger partial charge is 0.442 e. The Morgan fingerprint density at radius 3 is 2.50 bits per heavy atom. The molecule has 0 aromatic heterocycles. The number of nitrogens with one attached hydrogen (secondary N) is 1. The number of carbonyl (C=O) groups excluding carboxylic acids is 2. The fourth-order valence-electron chi connectivity index (χ4n) is 3.93. The van der Waals surface area contributed by atoms with Crippen molar-refractivity contribution < 1.29 is 41.8 Å². The van der Waals surface area contributed by atoms with Crippen LogP contribution in [0, 0.1) is 11.6 Å². The van der Waals surface area contributed by atoms with E-state index in [1.807, 2.05) is 0 Å². The molecule has 1 aromatic carbocycles. The third-order valence-electron chi connectivity index (χ3n) is 5.44. The van der Waals surface area contributed by atoms with Gasteiger partial charge >= 0.3 is 14.3 Å². The molecule has 1 aromatic rings. The topological polar surface area (TPSA) is 118 Å². The number of ether oxygens (including phenoxy) is 2. The number of carbonyl (C=O) groups is 2. The Labute approximate surface area is 184 Å². The molecule has 2 amide bonds. The average Bonchev–Trinajstić information content (AvgIpc) is 3.08. The summed E-state index contributed by atoms with van der Waals surface area (Å²) >= 11 is 0. The van der Waals surface area contributed by atoms with E-state index in [1.165, 1.54) is 18.9 Å². The first-order valence-corrected chi connectivity index (χ1v) is 11.1. The van der Waals surface area contributed by atoms with E-state index in [9.17, 15) is 22.9 Å². The predicted molar refractivity (Wildman–Crippen MR) is 110 cm³/mol. The molecule has 2 atom stereocenters. The van der Waals surface area contributed by atoms with E-state index in [4.69, 9.17) is 18.9 Å². The van der Waals surface area contributed by atoms with Crippen LogP contribution in [0.1, 0.15) is 19.8 Å². The van der Waals surface area contributed by atoms with Crippen molar-refractivity contribution in [1.82, 2.24) is 5.32 Å². The molecule has 0 bridgehead atoms. The predicted octanol–water partition coefficient (Wildman–Crippen LogP) is 2.08. The molecule has 10 nitrogen and oxygen atoms in total. The van der Waals surface area contributed by atoms with Gasteiger partial charge in [-0.25, -0.2) is 13.6 Å². The Balaban J connectivity index is 1.72. The molecule has 1 unspecified atom stereocenters. The van der Waals surface area contributed by atoms with Gasteiger partial charge in [0.2, 0.25) is 5.91 Å². The fourth-order valence-corrected chi connectivity index (χ4v) is 4.50. The summed E-state index contributed by atoms with van der Waals surface area (Å²) in [5.41, 5.74) is -1.26. The maximum atomic E-state index is 14.9. The second-order valence-corrected chi connectivity index (χ2v) is 8.40. The van der Waals surface area contributed by atoms with Gasteiger partial charge in [0.25, 0.3) is 0 Å². The van der Waals surface area contributed by atoms with Gasteiger partial charge in [-0.15, -0.1) is 9.42 Å². The third-order valence-corrected chi connectivity index (χ3v) is 5.98. The Morgan fingerprint density at radius 2 is 1.97 bits per heavy atom. The summed E-state index contributed by atoms with van der Waals surface area (Å²) < 4.78 is 56.4. The molecule has 2 aliphatic heterocycles. The lowest BCUT2D eigenvalue weighted by Gasteiger charge is -2.38. The summed E-state index contributed by atoms with van der Waals surface area (Å²) in [4.78, 5) is 34.9. The first kappa shape index (κ1) is 24.2. The number of rotatable bonds is 8. The van der Waals surface area contributed by atoms with Gasteiger partial charge in [0.1, 0.15) is 11.8 Å². The van der Waals surface area contributed by atoms with Gasteiger partial charge in [-0.1, -0.05) is 0 Å². The number of halogens is 2. The zero-order valence-electron chi connectivity index (χ0n) is 17.7. The highest BCUT2D eigenvalue weighted by Gasteiger charge is 2.44. The molecule has 2 aliphatic rings. The van der Waals surface area contributed by atoms with Crippen LogP contribution < -0.4 is 15.1 Å². The van der Waals surface area contributed by atoms with E-state index in [2.05, 4.69) is 5.32 Å². The molecule has 2 saturated heterocycles. The normalized spacial score (nSPS) is 20.8. The molecule has 0 saturated carbocycles. The lowest BCUT2D eigenvalue weighted by atomic mass is 9.92. The number of methoxy groups -OCH3 is 1. The number of nitrogens with zero attached hydrogens (tertiary/aromatic N) is 2. The van der Waals surface area contributed by atoms with Crippen molar-refractivity contribution in [2.24, 2.45) is 0 Å². The molecule has 0 aliphatic carbocycles. The van der Waals surface area contributed by atoms with Crippen molar-refractivity contribution in [2.75, 3.05) is 49.7 Å². The van der Waals surface area contributed by atoms with E-state index in [0.29, 0.717) is 0 Å². The van der Waals surface area contributed by atoms with Crippen LogP contribution >= 0.6 is 8.25 Å². The molecule has 2 heterocycles. The number of piperidine rings is 1. The largest absolute Gasteiger partial charge is 0.695 e. The highest BCUT2D eigenvalue weighted by atomic mass is 31.1. The van der Waals surface area contributed by atoms with Crippen LogP contribution in [-0.4, -0.2) is 68.5 Å². The molecule has 32 heavy (non-hydrogen) atoms. The zero-order valence-corrected chi connectivity index (χ0v) is 18.6. The standard InChI is InChI=1S/C19H24F2N3O7P/c1-12(25)22-9-14-10-24(18(26)30-14)13-7-15(20)17(16(21)8-13)23-5-3-19(4-6-23,11-29-2)31-32(27)28/h7-8,14H,3-6,9-11H2,1-2H3,(H-,22,25,27,28)/p+1/t14-/m0/s1. The Hall–Kier alpha value is -2.40. The summed E-state index contributed by atoms with van der Waals surface area (Å²) in [5, 5.41) is 2.53. The molecular weight excluding hydrogens is 451 g/mol. The van der Waals surface area contributed by atoms with Crippen molar-refractivity contribution >= 4 is 31.6 Å².